The van der Waals surface area contributed by atoms with E-state index in [4.69, 9.17) is 5.73 Å². The van der Waals surface area contributed by atoms with E-state index in [9.17, 15) is 13.5 Å². The highest BCUT2D eigenvalue weighted by atomic mass is 32.2. The van der Waals surface area contributed by atoms with Crippen molar-refractivity contribution in [1.82, 2.24) is 9.78 Å². The zero-order valence-electron chi connectivity index (χ0n) is 11.1. The molecule has 0 aliphatic carbocycles. The molecule has 19 heavy (non-hydrogen) atoms. The Kier molecular flexibility index (Phi) is 3.98. The Balaban J connectivity index is 2.23. The van der Waals surface area contributed by atoms with Crippen molar-refractivity contribution in [2.24, 2.45) is 11.1 Å². The van der Waals surface area contributed by atoms with E-state index in [-0.39, 0.29) is 18.1 Å². The van der Waals surface area contributed by atoms with Crippen LogP contribution in [-0.4, -0.2) is 41.4 Å². The summed E-state index contributed by atoms with van der Waals surface area (Å²) in [5, 5.41) is 14.7. The smallest absolute Gasteiger partial charge is 0.151 e. The fourth-order valence-electron chi connectivity index (χ4n) is 2.66. The van der Waals surface area contributed by atoms with Crippen LogP contribution in [0.25, 0.3) is 0 Å². The van der Waals surface area contributed by atoms with Gasteiger partial charge in [-0.25, -0.2) is 8.42 Å². The second-order valence-electron chi connectivity index (χ2n) is 5.35. The second-order valence-corrected chi connectivity index (χ2v) is 7.53. The Morgan fingerprint density at radius 3 is 2.89 bits per heavy atom. The maximum atomic E-state index is 11.7. The molecule has 6 nitrogen and oxygen atoms in total. The van der Waals surface area contributed by atoms with Crippen molar-refractivity contribution in [2.75, 3.05) is 18.1 Å². The van der Waals surface area contributed by atoms with Gasteiger partial charge in [-0.2, -0.15) is 5.10 Å². The molecule has 0 spiro atoms. The minimum Gasteiger partial charge on any atom is -0.388 e. The van der Waals surface area contributed by atoms with E-state index in [0.29, 0.717) is 12.0 Å². The predicted octanol–water partition coefficient (Wildman–Crippen LogP) is 0.0901. The number of sulfone groups is 1. The van der Waals surface area contributed by atoms with Crippen LogP contribution < -0.4 is 5.73 Å². The SMILES string of the molecule is CCCn1cc(C(O)C2(CN)CCS(=O)(=O)C2)cn1. The third-order valence-corrected chi connectivity index (χ3v) is 5.67. The normalized spacial score (nSPS) is 27.5. The van der Waals surface area contributed by atoms with Gasteiger partial charge in [0.15, 0.2) is 9.84 Å². The Morgan fingerprint density at radius 1 is 1.63 bits per heavy atom. The maximum Gasteiger partial charge on any atom is 0.151 e. The topological polar surface area (TPSA) is 98.2 Å². The van der Waals surface area contributed by atoms with Crippen molar-refractivity contribution >= 4 is 9.84 Å². The van der Waals surface area contributed by atoms with Crippen molar-refractivity contribution in [3.05, 3.63) is 18.0 Å². The first-order chi connectivity index (χ1) is 8.92. The van der Waals surface area contributed by atoms with Crippen molar-refractivity contribution in [1.29, 1.82) is 0 Å². The minimum atomic E-state index is -3.09. The largest absolute Gasteiger partial charge is 0.388 e. The van der Waals surface area contributed by atoms with Gasteiger partial charge in [-0.05, 0) is 12.8 Å². The molecule has 0 bridgehead atoms. The fourth-order valence-corrected chi connectivity index (χ4v) is 4.81. The Morgan fingerprint density at radius 2 is 2.37 bits per heavy atom. The van der Waals surface area contributed by atoms with Crippen molar-refractivity contribution < 1.29 is 13.5 Å². The number of aromatic nitrogens is 2. The average molecular weight is 287 g/mol. The van der Waals surface area contributed by atoms with E-state index in [1.165, 1.54) is 0 Å². The van der Waals surface area contributed by atoms with Crippen molar-refractivity contribution in [2.45, 2.75) is 32.4 Å². The number of aliphatic hydroxyl groups is 1. The van der Waals surface area contributed by atoms with Gasteiger partial charge in [0.05, 0.1) is 23.8 Å². The summed E-state index contributed by atoms with van der Waals surface area (Å²) >= 11 is 0. The molecule has 0 saturated carbocycles. The van der Waals surface area contributed by atoms with Gasteiger partial charge in [0.25, 0.3) is 0 Å². The molecule has 0 radical (unpaired) electrons. The van der Waals surface area contributed by atoms with E-state index in [1.54, 1.807) is 17.1 Å². The lowest BCUT2D eigenvalue weighted by Gasteiger charge is -2.30. The molecule has 1 fully saturated rings. The number of rotatable bonds is 5. The molecule has 108 valence electrons. The molecule has 1 aromatic heterocycles. The highest BCUT2D eigenvalue weighted by Crippen LogP contribution is 2.42. The Hall–Kier alpha value is -0.920. The monoisotopic (exact) mass is 287 g/mol. The van der Waals surface area contributed by atoms with E-state index < -0.39 is 21.4 Å². The molecule has 2 atom stereocenters. The highest BCUT2D eigenvalue weighted by Gasteiger charge is 2.47. The predicted molar refractivity (Wildman–Crippen MR) is 72.2 cm³/mol. The summed E-state index contributed by atoms with van der Waals surface area (Å²) in [6.07, 6.45) is 3.86. The van der Waals surface area contributed by atoms with Crippen LogP contribution in [0.2, 0.25) is 0 Å². The molecule has 2 rings (SSSR count). The molecule has 2 unspecified atom stereocenters. The number of hydrogen-bond donors (Lipinski definition) is 2. The van der Waals surface area contributed by atoms with Crippen molar-refractivity contribution in [3.8, 4) is 0 Å². The van der Waals surface area contributed by atoms with Gasteiger partial charge in [-0.1, -0.05) is 6.92 Å². The maximum absolute atomic E-state index is 11.7. The summed E-state index contributed by atoms with van der Waals surface area (Å²) in [6.45, 7) is 2.98. The number of nitrogens with two attached hydrogens (primary N) is 1. The van der Waals surface area contributed by atoms with E-state index in [0.717, 1.165) is 13.0 Å². The number of hydrogen-bond acceptors (Lipinski definition) is 5. The zero-order chi connectivity index (χ0) is 14.1. The molecule has 1 aromatic rings. The highest BCUT2D eigenvalue weighted by molar-refractivity contribution is 7.91. The fraction of sp³-hybridized carbons (Fsp3) is 0.750. The molecule has 0 aromatic carbocycles. The molecule has 1 saturated heterocycles. The van der Waals surface area contributed by atoms with Crippen LogP contribution in [0, 0.1) is 5.41 Å². The van der Waals surface area contributed by atoms with E-state index in [2.05, 4.69) is 5.10 Å². The van der Waals surface area contributed by atoms with Crippen LogP contribution in [0.1, 0.15) is 31.4 Å². The standard InChI is InChI=1S/C12H21N3O3S/c1-2-4-15-7-10(6-14-15)11(16)12(8-13)3-5-19(17,18)9-12/h6-7,11,16H,2-5,8-9,13H2,1H3. The van der Waals surface area contributed by atoms with Crippen LogP contribution in [0.3, 0.4) is 0 Å². The third-order valence-electron chi connectivity index (χ3n) is 3.83. The summed E-state index contributed by atoms with van der Waals surface area (Å²) in [5.74, 6) is 0.0565. The van der Waals surface area contributed by atoms with Gasteiger partial charge in [-0.15, -0.1) is 0 Å². The molecule has 3 N–H and O–H groups in total. The first kappa shape index (κ1) is 14.5. The van der Waals surface area contributed by atoms with Crippen LogP contribution in [-0.2, 0) is 16.4 Å². The van der Waals surface area contributed by atoms with Gasteiger partial charge >= 0.3 is 0 Å². The number of aliphatic hydroxyl groups excluding tert-OH is 1. The van der Waals surface area contributed by atoms with Crippen LogP contribution in [0.5, 0.6) is 0 Å². The van der Waals surface area contributed by atoms with Gasteiger partial charge in [0, 0.05) is 30.3 Å². The lowest BCUT2D eigenvalue weighted by Crippen LogP contribution is -2.37. The van der Waals surface area contributed by atoms with Gasteiger partial charge in [0.2, 0.25) is 0 Å². The summed E-state index contributed by atoms with van der Waals surface area (Å²) in [7, 11) is -3.09. The molecule has 1 aliphatic heterocycles. The molecule has 0 amide bonds. The van der Waals surface area contributed by atoms with Gasteiger partial charge < -0.3 is 10.8 Å². The summed E-state index contributed by atoms with van der Waals surface area (Å²) in [5.41, 5.74) is 5.63. The number of aryl methyl sites for hydroxylation is 1. The Labute approximate surface area is 113 Å². The summed E-state index contributed by atoms with van der Waals surface area (Å²) in [4.78, 5) is 0. The lowest BCUT2D eigenvalue weighted by atomic mass is 9.79. The van der Waals surface area contributed by atoms with Crippen molar-refractivity contribution in [3.63, 3.8) is 0 Å². The molecular weight excluding hydrogens is 266 g/mol. The third kappa shape index (κ3) is 2.82. The second kappa shape index (κ2) is 5.22. The van der Waals surface area contributed by atoms with E-state index >= 15 is 0 Å². The first-order valence-electron chi connectivity index (χ1n) is 6.53. The van der Waals surface area contributed by atoms with Gasteiger partial charge in [-0.3, -0.25) is 4.68 Å². The first-order valence-corrected chi connectivity index (χ1v) is 8.35. The molecule has 2 heterocycles. The van der Waals surface area contributed by atoms with Crippen LogP contribution in [0.4, 0.5) is 0 Å². The average Bonchev–Trinajstić information content (AvgIpc) is 2.94. The zero-order valence-corrected chi connectivity index (χ0v) is 11.9. The minimum absolute atomic E-state index is 0.0450. The molecule has 7 heteroatoms. The summed E-state index contributed by atoms with van der Waals surface area (Å²) in [6, 6.07) is 0. The molecule has 1 aliphatic rings. The quantitative estimate of drug-likeness (QED) is 0.800. The Bertz CT molecular complexity index is 540. The number of nitrogens with zero attached hydrogens (tertiary/aromatic N) is 2. The van der Waals surface area contributed by atoms with Crippen LogP contribution >= 0.6 is 0 Å². The van der Waals surface area contributed by atoms with Crippen LogP contribution in [0.15, 0.2) is 12.4 Å². The lowest BCUT2D eigenvalue weighted by molar-refractivity contribution is 0.0471. The molecular formula is C12H21N3O3S. The van der Waals surface area contributed by atoms with E-state index in [1.807, 2.05) is 6.92 Å². The van der Waals surface area contributed by atoms with Gasteiger partial charge in [0.1, 0.15) is 0 Å². The summed E-state index contributed by atoms with van der Waals surface area (Å²) < 4.78 is 25.1.